The lowest BCUT2D eigenvalue weighted by Crippen LogP contribution is -2.13. The summed E-state index contributed by atoms with van der Waals surface area (Å²) in [5.41, 5.74) is -0.0126. The molecular formula is C14H15F3N4O. The summed E-state index contributed by atoms with van der Waals surface area (Å²) in [5.74, 6) is -0.427. The molecule has 118 valence electrons. The van der Waals surface area contributed by atoms with Crippen LogP contribution < -0.4 is 10.6 Å². The topological polar surface area (TPSA) is 59.0 Å². The van der Waals surface area contributed by atoms with Gasteiger partial charge in [0, 0.05) is 43.7 Å². The average Bonchev–Trinajstić information content (AvgIpc) is 2.81. The van der Waals surface area contributed by atoms with E-state index in [0.717, 1.165) is 11.6 Å². The number of rotatable bonds is 4. The number of hydrogen-bond acceptors (Lipinski definition) is 3. The van der Waals surface area contributed by atoms with Crippen LogP contribution in [0.4, 0.5) is 24.5 Å². The first-order valence-electron chi connectivity index (χ1n) is 6.46. The summed E-state index contributed by atoms with van der Waals surface area (Å²) in [6, 6.07) is 3.62. The van der Waals surface area contributed by atoms with Crippen LogP contribution in [0.25, 0.3) is 0 Å². The molecule has 1 aromatic carbocycles. The van der Waals surface area contributed by atoms with Crippen molar-refractivity contribution in [3.63, 3.8) is 0 Å². The van der Waals surface area contributed by atoms with Gasteiger partial charge in [-0.05, 0) is 18.2 Å². The summed E-state index contributed by atoms with van der Waals surface area (Å²) in [6.07, 6.45) is -1.23. The smallest absolute Gasteiger partial charge is 0.380 e. The van der Waals surface area contributed by atoms with Crippen molar-refractivity contribution in [2.24, 2.45) is 7.05 Å². The van der Waals surface area contributed by atoms with Gasteiger partial charge in [-0.3, -0.25) is 9.48 Å². The summed E-state index contributed by atoms with van der Waals surface area (Å²) >= 11 is 0. The quantitative estimate of drug-likeness (QED) is 0.912. The largest absolute Gasteiger partial charge is 0.418 e. The number of aryl methyl sites for hydroxylation is 1. The molecule has 0 saturated carbocycles. The molecule has 0 aliphatic rings. The van der Waals surface area contributed by atoms with Crippen molar-refractivity contribution in [3.05, 3.63) is 41.7 Å². The molecule has 2 N–H and O–H groups in total. The van der Waals surface area contributed by atoms with Crippen molar-refractivity contribution in [2.45, 2.75) is 19.6 Å². The van der Waals surface area contributed by atoms with Gasteiger partial charge in [0.15, 0.2) is 0 Å². The Labute approximate surface area is 125 Å². The zero-order valence-electron chi connectivity index (χ0n) is 12.0. The molecule has 22 heavy (non-hydrogen) atoms. The molecule has 0 atom stereocenters. The molecular weight excluding hydrogens is 297 g/mol. The highest BCUT2D eigenvalue weighted by Crippen LogP contribution is 2.36. The Kier molecular flexibility index (Phi) is 4.39. The number of nitrogens with zero attached hydrogens (tertiary/aromatic N) is 2. The van der Waals surface area contributed by atoms with Gasteiger partial charge in [-0.25, -0.2) is 0 Å². The first-order chi connectivity index (χ1) is 10.3. The molecule has 0 radical (unpaired) electrons. The molecule has 8 heteroatoms. The van der Waals surface area contributed by atoms with Gasteiger partial charge < -0.3 is 10.6 Å². The SMILES string of the molecule is CC(=O)Nc1ccc(NCc2cnn(C)c2)c(C(F)(F)F)c1. The number of halogens is 3. The Balaban J connectivity index is 2.23. The molecule has 1 heterocycles. The van der Waals surface area contributed by atoms with Crippen molar-refractivity contribution in [2.75, 3.05) is 10.6 Å². The van der Waals surface area contributed by atoms with Crippen LogP contribution in [0, 0.1) is 0 Å². The number of aromatic nitrogens is 2. The summed E-state index contributed by atoms with van der Waals surface area (Å²) in [6.45, 7) is 1.46. The normalized spacial score (nSPS) is 11.3. The van der Waals surface area contributed by atoms with Crippen LogP contribution in [-0.2, 0) is 24.6 Å². The van der Waals surface area contributed by atoms with E-state index in [-0.39, 0.29) is 17.9 Å². The lowest BCUT2D eigenvalue weighted by Gasteiger charge is -2.16. The van der Waals surface area contributed by atoms with Crippen molar-refractivity contribution in [1.82, 2.24) is 9.78 Å². The lowest BCUT2D eigenvalue weighted by molar-refractivity contribution is -0.137. The molecule has 2 rings (SSSR count). The standard InChI is InChI=1S/C14H15F3N4O/c1-9(22)20-11-3-4-13(12(5-11)14(15,16)17)18-6-10-7-19-21(2)8-10/h3-5,7-8,18H,6H2,1-2H3,(H,20,22). The van der Waals surface area contributed by atoms with E-state index in [9.17, 15) is 18.0 Å². The van der Waals surface area contributed by atoms with Crippen LogP contribution in [0.1, 0.15) is 18.1 Å². The van der Waals surface area contributed by atoms with Crippen LogP contribution in [0.2, 0.25) is 0 Å². The van der Waals surface area contributed by atoms with E-state index in [1.54, 1.807) is 24.1 Å². The predicted molar refractivity (Wildman–Crippen MR) is 76.3 cm³/mol. The molecule has 0 fully saturated rings. The zero-order chi connectivity index (χ0) is 16.3. The molecule has 0 aliphatic heterocycles. The van der Waals surface area contributed by atoms with Crippen molar-refractivity contribution < 1.29 is 18.0 Å². The highest BCUT2D eigenvalue weighted by molar-refractivity contribution is 5.89. The fraction of sp³-hybridized carbons (Fsp3) is 0.286. The van der Waals surface area contributed by atoms with Crippen LogP contribution >= 0.6 is 0 Å². The molecule has 0 spiro atoms. The van der Waals surface area contributed by atoms with E-state index in [2.05, 4.69) is 15.7 Å². The molecule has 0 aliphatic carbocycles. The Morgan fingerprint density at radius 2 is 2.09 bits per heavy atom. The summed E-state index contributed by atoms with van der Waals surface area (Å²) in [7, 11) is 1.73. The van der Waals surface area contributed by atoms with E-state index in [0.29, 0.717) is 0 Å². The number of anilines is 2. The fourth-order valence-corrected chi connectivity index (χ4v) is 1.97. The van der Waals surface area contributed by atoms with Gasteiger partial charge in [0.25, 0.3) is 0 Å². The van der Waals surface area contributed by atoms with E-state index < -0.39 is 17.6 Å². The number of hydrogen-bond donors (Lipinski definition) is 2. The lowest BCUT2D eigenvalue weighted by atomic mass is 10.1. The monoisotopic (exact) mass is 312 g/mol. The maximum Gasteiger partial charge on any atom is 0.418 e. The summed E-state index contributed by atoms with van der Waals surface area (Å²) in [4.78, 5) is 11.0. The molecule has 0 bridgehead atoms. The fourth-order valence-electron chi connectivity index (χ4n) is 1.97. The van der Waals surface area contributed by atoms with E-state index in [4.69, 9.17) is 0 Å². The Morgan fingerprint density at radius 1 is 1.36 bits per heavy atom. The number of carbonyl (C=O) groups is 1. The van der Waals surface area contributed by atoms with E-state index in [1.165, 1.54) is 19.1 Å². The Morgan fingerprint density at radius 3 is 2.64 bits per heavy atom. The molecule has 1 amide bonds. The number of benzene rings is 1. The molecule has 2 aromatic rings. The van der Waals surface area contributed by atoms with Gasteiger partial charge in [0.05, 0.1) is 11.8 Å². The molecule has 0 saturated heterocycles. The predicted octanol–water partition coefficient (Wildman–Crippen LogP) is 3.01. The molecule has 1 aromatic heterocycles. The highest BCUT2D eigenvalue weighted by Gasteiger charge is 2.33. The summed E-state index contributed by atoms with van der Waals surface area (Å²) < 4.78 is 41.0. The zero-order valence-corrected chi connectivity index (χ0v) is 12.0. The minimum absolute atomic E-state index is 0.0505. The van der Waals surface area contributed by atoms with Crippen LogP contribution in [0.5, 0.6) is 0 Å². The second kappa shape index (κ2) is 6.08. The number of carbonyl (C=O) groups excluding carboxylic acids is 1. The number of alkyl halides is 3. The third-order valence-corrected chi connectivity index (χ3v) is 2.89. The minimum Gasteiger partial charge on any atom is -0.380 e. The van der Waals surface area contributed by atoms with Crippen LogP contribution in [-0.4, -0.2) is 15.7 Å². The minimum atomic E-state index is -4.52. The Hall–Kier alpha value is -2.51. The van der Waals surface area contributed by atoms with E-state index >= 15 is 0 Å². The van der Waals surface area contributed by atoms with Crippen molar-refractivity contribution >= 4 is 17.3 Å². The second-order valence-electron chi connectivity index (χ2n) is 4.82. The second-order valence-corrected chi connectivity index (χ2v) is 4.82. The van der Waals surface area contributed by atoms with Crippen LogP contribution in [0.3, 0.4) is 0 Å². The molecule has 5 nitrogen and oxygen atoms in total. The van der Waals surface area contributed by atoms with Crippen LogP contribution in [0.15, 0.2) is 30.6 Å². The number of nitrogens with one attached hydrogen (secondary N) is 2. The van der Waals surface area contributed by atoms with Gasteiger partial charge in [-0.1, -0.05) is 0 Å². The van der Waals surface area contributed by atoms with E-state index in [1.807, 2.05) is 0 Å². The highest BCUT2D eigenvalue weighted by atomic mass is 19.4. The maximum absolute atomic E-state index is 13.1. The van der Waals surface area contributed by atoms with Crippen molar-refractivity contribution in [3.8, 4) is 0 Å². The van der Waals surface area contributed by atoms with Gasteiger partial charge in [-0.15, -0.1) is 0 Å². The summed E-state index contributed by atoms with van der Waals surface area (Å²) in [5, 5.41) is 9.04. The maximum atomic E-state index is 13.1. The third kappa shape index (κ3) is 4.00. The first-order valence-corrected chi connectivity index (χ1v) is 6.46. The first kappa shape index (κ1) is 15.9. The third-order valence-electron chi connectivity index (χ3n) is 2.89. The molecule has 0 unspecified atom stereocenters. The van der Waals surface area contributed by atoms with Gasteiger partial charge in [0.2, 0.25) is 5.91 Å². The average molecular weight is 312 g/mol. The van der Waals surface area contributed by atoms with Gasteiger partial charge in [0.1, 0.15) is 0 Å². The number of amides is 1. The van der Waals surface area contributed by atoms with Gasteiger partial charge >= 0.3 is 6.18 Å². The van der Waals surface area contributed by atoms with Crippen molar-refractivity contribution in [1.29, 1.82) is 0 Å². The van der Waals surface area contributed by atoms with Gasteiger partial charge in [-0.2, -0.15) is 18.3 Å². The Bertz CT molecular complexity index is 679.